The summed E-state index contributed by atoms with van der Waals surface area (Å²) in [4.78, 5) is 17.9. The normalized spacial score (nSPS) is 22.9. The van der Waals surface area contributed by atoms with Crippen molar-refractivity contribution < 1.29 is 14.3 Å². The zero-order valence-corrected chi connectivity index (χ0v) is 21.6. The van der Waals surface area contributed by atoms with Crippen molar-refractivity contribution in [2.24, 2.45) is 5.92 Å². The summed E-state index contributed by atoms with van der Waals surface area (Å²) in [6, 6.07) is 2.82. The van der Waals surface area contributed by atoms with Gasteiger partial charge in [0.05, 0.1) is 0 Å². The second-order valence-corrected chi connectivity index (χ2v) is 11.0. The molecular weight excluding hydrogens is 440 g/mol. The van der Waals surface area contributed by atoms with E-state index in [0.29, 0.717) is 29.7 Å². The molecule has 3 heterocycles. The number of aryl methyl sites for hydroxylation is 2. The van der Waals surface area contributed by atoms with Gasteiger partial charge in [0.2, 0.25) is 0 Å². The van der Waals surface area contributed by atoms with Gasteiger partial charge in [0.1, 0.15) is 11.3 Å². The van der Waals surface area contributed by atoms with Crippen molar-refractivity contribution >= 4 is 11.0 Å². The fraction of sp³-hybridized carbons (Fsp3) is 0.690. The van der Waals surface area contributed by atoms with Gasteiger partial charge in [-0.2, -0.15) is 0 Å². The van der Waals surface area contributed by atoms with Crippen LogP contribution in [0, 0.1) is 12.8 Å². The molecule has 0 unspecified atom stereocenters. The lowest BCUT2D eigenvalue weighted by molar-refractivity contribution is 0.0372. The quantitative estimate of drug-likeness (QED) is 0.431. The first kappa shape index (κ1) is 24.8. The standard InChI is InChI=1S/C29H42N2O4/c1-20-27(32)22(17-25-23-10-3-4-11-24(23)29(33)35-28(20)25)19-30(13-8-16-34-2)18-21-9-7-15-31-14-6-5-12-26(21)31/h17,21,26,32H,3-16,18-19H2,1-2H3/t21-,26+/m0/s1. The third-order valence-electron chi connectivity index (χ3n) is 8.74. The number of hydrogen-bond donors (Lipinski definition) is 1. The van der Waals surface area contributed by atoms with E-state index in [1.165, 1.54) is 45.2 Å². The molecule has 0 saturated carbocycles. The van der Waals surface area contributed by atoms with Gasteiger partial charge in [-0.15, -0.1) is 0 Å². The van der Waals surface area contributed by atoms with Crippen LogP contribution in [0.5, 0.6) is 5.75 Å². The highest BCUT2D eigenvalue weighted by molar-refractivity contribution is 5.87. The highest BCUT2D eigenvalue weighted by Gasteiger charge is 2.34. The van der Waals surface area contributed by atoms with Crippen molar-refractivity contribution in [1.29, 1.82) is 0 Å². The van der Waals surface area contributed by atoms with Gasteiger partial charge >= 0.3 is 5.63 Å². The van der Waals surface area contributed by atoms with Crippen molar-refractivity contribution in [1.82, 2.24) is 9.80 Å². The number of aromatic hydroxyl groups is 1. The fourth-order valence-electron chi connectivity index (χ4n) is 6.95. The van der Waals surface area contributed by atoms with Crippen LogP contribution in [0.2, 0.25) is 0 Å². The summed E-state index contributed by atoms with van der Waals surface area (Å²) in [6.07, 6.45) is 11.4. The molecule has 0 amide bonds. The van der Waals surface area contributed by atoms with Gasteiger partial charge < -0.3 is 19.2 Å². The number of phenolic OH excluding ortho intramolecular Hbond substituents is 1. The van der Waals surface area contributed by atoms with E-state index in [0.717, 1.165) is 73.9 Å². The molecule has 6 nitrogen and oxygen atoms in total. The molecule has 3 aliphatic rings. The highest BCUT2D eigenvalue weighted by Crippen LogP contribution is 2.36. The molecule has 1 N–H and O–H groups in total. The second-order valence-electron chi connectivity index (χ2n) is 11.0. The Balaban J connectivity index is 1.44. The van der Waals surface area contributed by atoms with Crippen molar-refractivity contribution in [3.63, 3.8) is 0 Å². The van der Waals surface area contributed by atoms with Crippen molar-refractivity contribution in [2.75, 3.05) is 39.9 Å². The number of benzene rings is 1. The Morgan fingerprint density at radius 3 is 2.74 bits per heavy atom. The minimum absolute atomic E-state index is 0.224. The summed E-state index contributed by atoms with van der Waals surface area (Å²) in [5, 5.41) is 12.2. The molecule has 1 aromatic heterocycles. The zero-order valence-electron chi connectivity index (χ0n) is 21.6. The van der Waals surface area contributed by atoms with E-state index < -0.39 is 0 Å². The molecular formula is C29H42N2O4. The highest BCUT2D eigenvalue weighted by atomic mass is 16.5. The molecule has 2 aliphatic heterocycles. The number of ether oxygens (including phenoxy) is 1. The van der Waals surface area contributed by atoms with Crippen LogP contribution in [-0.4, -0.2) is 60.8 Å². The molecule has 0 spiro atoms. The number of rotatable bonds is 8. The predicted octanol–water partition coefficient (Wildman–Crippen LogP) is 4.79. The number of nitrogens with zero attached hydrogens (tertiary/aromatic N) is 2. The van der Waals surface area contributed by atoms with Gasteiger partial charge in [0.25, 0.3) is 0 Å². The lowest BCUT2D eigenvalue weighted by atomic mass is 9.83. The van der Waals surface area contributed by atoms with Gasteiger partial charge in [-0.25, -0.2) is 4.79 Å². The van der Waals surface area contributed by atoms with E-state index >= 15 is 0 Å². The molecule has 192 valence electrons. The summed E-state index contributed by atoms with van der Waals surface area (Å²) in [5.74, 6) is 0.956. The maximum absolute atomic E-state index is 12.6. The Bertz CT molecular complexity index is 1090. The van der Waals surface area contributed by atoms with Crippen LogP contribution in [-0.2, 0) is 24.1 Å². The minimum Gasteiger partial charge on any atom is -0.507 e. The molecule has 1 aliphatic carbocycles. The summed E-state index contributed by atoms with van der Waals surface area (Å²) < 4.78 is 11.1. The number of phenols is 1. The zero-order chi connectivity index (χ0) is 24.4. The topological polar surface area (TPSA) is 66.1 Å². The summed E-state index contributed by atoms with van der Waals surface area (Å²) >= 11 is 0. The molecule has 2 saturated heterocycles. The molecule has 2 aromatic rings. The van der Waals surface area contributed by atoms with Crippen LogP contribution >= 0.6 is 0 Å². The average molecular weight is 483 g/mol. The van der Waals surface area contributed by atoms with Crippen molar-refractivity contribution in [2.45, 2.75) is 83.7 Å². The van der Waals surface area contributed by atoms with Gasteiger partial charge in [-0.3, -0.25) is 4.90 Å². The van der Waals surface area contributed by atoms with Crippen LogP contribution in [0.4, 0.5) is 0 Å². The van der Waals surface area contributed by atoms with E-state index in [9.17, 15) is 9.90 Å². The minimum atomic E-state index is -0.224. The van der Waals surface area contributed by atoms with Crippen LogP contribution in [0.25, 0.3) is 11.0 Å². The number of hydrogen-bond acceptors (Lipinski definition) is 6. The Morgan fingerprint density at radius 1 is 1.11 bits per heavy atom. The maximum Gasteiger partial charge on any atom is 0.339 e. The summed E-state index contributed by atoms with van der Waals surface area (Å²) in [5.41, 5.74) is 3.96. The van der Waals surface area contributed by atoms with E-state index in [1.807, 2.05) is 6.92 Å². The molecule has 5 rings (SSSR count). The fourth-order valence-corrected chi connectivity index (χ4v) is 6.95. The number of fused-ring (bicyclic) bond motifs is 4. The Labute approximate surface area is 209 Å². The summed E-state index contributed by atoms with van der Waals surface area (Å²) in [7, 11) is 1.76. The predicted molar refractivity (Wildman–Crippen MR) is 139 cm³/mol. The Hall–Kier alpha value is -1.89. The molecule has 2 atom stereocenters. The lowest BCUT2D eigenvalue weighted by Gasteiger charge is -2.45. The number of piperidine rings is 2. The largest absolute Gasteiger partial charge is 0.507 e. The maximum atomic E-state index is 12.6. The van der Waals surface area contributed by atoms with Crippen molar-refractivity contribution in [3.05, 3.63) is 38.7 Å². The number of methoxy groups -OCH3 is 1. The van der Waals surface area contributed by atoms with Crippen molar-refractivity contribution in [3.8, 4) is 5.75 Å². The Morgan fingerprint density at radius 2 is 1.91 bits per heavy atom. The molecule has 2 fully saturated rings. The van der Waals surface area contributed by atoms with Crippen LogP contribution < -0.4 is 5.63 Å². The second kappa shape index (κ2) is 11.0. The first-order valence-corrected chi connectivity index (χ1v) is 13.8. The summed E-state index contributed by atoms with van der Waals surface area (Å²) in [6.45, 7) is 7.87. The smallest absolute Gasteiger partial charge is 0.339 e. The average Bonchev–Trinajstić information content (AvgIpc) is 2.88. The van der Waals surface area contributed by atoms with Gasteiger partial charge in [0.15, 0.2) is 0 Å². The van der Waals surface area contributed by atoms with E-state index in [2.05, 4.69) is 15.9 Å². The first-order chi connectivity index (χ1) is 17.1. The van der Waals surface area contributed by atoms with Gasteiger partial charge in [-0.1, -0.05) is 6.42 Å². The first-order valence-electron chi connectivity index (χ1n) is 13.8. The van der Waals surface area contributed by atoms with E-state index in [1.54, 1.807) is 7.11 Å². The van der Waals surface area contributed by atoms with Crippen LogP contribution in [0.3, 0.4) is 0 Å². The molecule has 0 bridgehead atoms. The molecule has 1 aromatic carbocycles. The monoisotopic (exact) mass is 482 g/mol. The Kier molecular flexibility index (Phi) is 7.80. The molecule has 6 heteroatoms. The molecule has 0 radical (unpaired) electrons. The lowest BCUT2D eigenvalue weighted by Crippen LogP contribution is -2.51. The third kappa shape index (κ3) is 5.16. The van der Waals surface area contributed by atoms with E-state index in [4.69, 9.17) is 9.15 Å². The third-order valence-corrected chi connectivity index (χ3v) is 8.74. The van der Waals surface area contributed by atoms with Gasteiger partial charge in [-0.05, 0) is 95.3 Å². The molecule has 35 heavy (non-hydrogen) atoms. The van der Waals surface area contributed by atoms with Gasteiger partial charge in [0, 0.05) is 61.5 Å². The van der Waals surface area contributed by atoms with E-state index in [-0.39, 0.29) is 11.4 Å². The van der Waals surface area contributed by atoms with Crippen LogP contribution in [0.15, 0.2) is 15.3 Å². The SMILES string of the molecule is COCCCN(Cc1cc2c3c(c(=O)oc2c(C)c1O)CCCC3)C[C@@H]1CCCN2CCCC[C@H]12. The van der Waals surface area contributed by atoms with Crippen LogP contribution in [0.1, 0.15) is 73.6 Å².